The van der Waals surface area contributed by atoms with E-state index in [0.29, 0.717) is 25.9 Å². The van der Waals surface area contributed by atoms with Crippen LogP contribution in [0.4, 0.5) is 15.3 Å². The third-order valence-corrected chi connectivity index (χ3v) is 13.5. The fourth-order valence-corrected chi connectivity index (χ4v) is 9.80. The molecule has 65 heavy (non-hydrogen) atoms. The predicted molar refractivity (Wildman–Crippen MR) is 250 cm³/mol. The van der Waals surface area contributed by atoms with E-state index >= 15 is 0 Å². The SMILES string of the molecule is COC(=O)N[C@H](C(=O)N1CCCC1C(=O)Cc1ccc([C@@H]2CC[C@@H](c3ccc(CC(=O)C4CCCN4C(=O)[C@@H](NC(=O)OC)C(C)C)cc3)N2c2ccc(C(C)(C)C)cc2)cc1)C(C)C. The van der Waals surface area contributed by atoms with Crippen LogP contribution in [0.25, 0.3) is 0 Å². The van der Waals surface area contributed by atoms with Gasteiger partial charge in [-0.2, -0.15) is 0 Å². The van der Waals surface area contributed by atoms with Crippen LogP contribution >= 0.6 is 0 Å². The number of alkyl carbamates (subject to hydrolysis) is 2. The van der Waals surface area contributed by atoms with Crippen molar-refractivity contribution in [2.45, 2.75) is 141 Å². The van der Waals surface area contributed by atoms with E-state index in [1.165, 1.54) is 19.8 Å². The number of Topliss-reactive ketones (excluding diaryl/α,β-unsaturated/α-hetero) is 2. The van der Waals surface area contributed by atoms with Gasteiger partial charge in [0.15, 0.2) is 11.6 Å². The zero-order valence-corrected chi connectivity index (χ0v) is 39.7. The molecule has 350 valence electrons. The molecule has 3 fully saturated rings. The maximum Gasteiger partial charge on any atom is 0.407 e. The molecule has 3 heterocycles. The van der Waals surface area contributed by atoms with Crippen molar-refractivity contribution >= 4 is 41.3 Å². The molecule has 0 aliphatic carbocycles. The number of nitrogens with one attached hydrogen (secondary N) is 2. The summed E-state index contributed by atoms with van der Waals surface area (Å²) in [4.78, 5) is 84.6. The van der Waals surface area contributed by atoms with Gasteiger partial charge in [-0.3, -0.25) is 19.2 Å². The first-order valence-corrected chi connectivity index (χ1v) is 23.3. The van der Waals surface area contributed by atoms with Crippen molar-refractivity contribution in [1.82, 2.24) is 20.4 Å². The number of benzene rings is 3. The lowest BCUT2D eigenvalue weighted by Crippen LogP contribution is -2.53. The van der Waals surface area contributed by atoms with Crippen LogP contribution < -0.4 is 15.5 Å². The van der Waals surface area contributed by atoms with Crippen molar-refractivity contribution in [3.8, 4) is 0 Å². The molecule has 3 saturated heterocycles. The Morgan fingerprint density at radius 1 is 0.585 bits per heavy atom. The Labute approximate surface area is 385 Å². The number of amides is 4. The Hall–Kier alpha value is -5.72. The number of carbonyl (C=O) groups excluding carboxylic acids is 6. The third kappa shape index (κ3) is 11.4. The van der Waals surface area contributed by atoms with Gasteiger partial charge >= 0.3 is 12.2 Å². The lowest BCUT2D eigenvalue weighted by Gasteiger charge is -2.34. The number of nitrogens with zero attached hydrogens (tertiary/aromatic N) is 3. The van der Waals surface area contributed by atoms with Crippen LogP contribution in [0, 0.1) is 11.8 Å². The van der Waals surface area contributed by atoms with E-state index in [0.717, 1.165) is 53.6 Å². The summed E-state index contributed by atoms with van der Waals surface area (Å²) in [5.41, 5.74) is 6.43. The molecule has 13 nitrogen and oxygen atoms in total. The molecule has 3 aliphatic heterocycles. The van der Waals surface area contributed by atoms with E-state index in [9.17, 15) is 28.8 Å². The van der Waals surface area contributed by atoms with Crippen molar-refractivity contribution in [2.75, 3.05) is 32.2 Å². The zero-order valence-electron chi connectivity index (χ0n) is 39.7. The summed E-state index contributed by atoms with van der Waals surface area (Å²) in [6, 6.07) is 22.9. The lowest BCUT2D eigenvalue weighted by molar-refractivity contribution is -0.140. The fourth-order valence-electron chi connectivity index (χ4n) is 9.80. The van der Waals surface area contributed by atoms with Gasteiger partial charge in [0, 0.05) is 31.6 Å². The highest BCUT2D eigenvalue weighted by molar-refractivity contribution is 5.94. The number of carbonyl (C=O) groups is 6. The van der Waals surface area contributed by atoms with Crippen molar-refractivity contribution in [3.05, 3.63) is 101 Å². The second-order valence-electron chi connectivity index (χ2n) is 19.7. The monoisotopic (exact) mass is 892 g/mol. The van der Waals surface area contributed by atoms with Gasteiger partial charge in [0.05, 0.1) is 38.4 Å². The van der Waals surface area contributed by atoms with Crippen molar-refractivity contribution in [1.29, 1.82) is 0 Å². The summed E-state index contributed by atoms with van der Waals surface area (Å²) in [5.74, 6) is -0.910. The number of methoxy groups -OCH3 is 2. The maximum absolute atomic E-state index is 13.8. The summed E-state index contributed by atoms with van der Waals surface area (Å²) in [6.45, 7) is 15.0. The standard InChI is InChI=1S/C52H69N5O8/c1-32(2)46(53-50(62)64-8)48(60)55-28-10-12-42(55)44(58)30-34-14-18-36(19-15-34)40-26-27-41(57(40)39-24-22-38(23-25-39)52(5,6)7)37-20-16-35(17-21-37)31-45(59)43-13-11-29-56(43)49(61)47(33(3)4)54-51(63)65-9/h14-25,32-33,40-43,46-47H,10-13,26-31H2,1-9H3,(H,53,62)(H,54,63)/t40-,41-,42?,43?,46-,47-/m0/s1. The maximum atomic E-state index is 13.8. The summed E-state index contributed by atoms with van der Waals surface area (Å²) >= 11 is 0. The number of hydrogen-bond acceptors (Lipinski definition) is 9. The highest BCUT2D eigenvalue weighted by Crippen LogP contribution is 2.47. The smallest absolute Gasteiger partial charge is 0.407 e. The highest BCUT2D eigenvalue weighted by Gasteiger charge is 2.41. The van der Waals surface area contributed by atoms with Crippen molar-refractivity contribution in [2.24, 2.45) is 11.8 Å². The van der Waals surface area contributed by atoms with Gasteiger partial charge in [0.2, 0.25) is 11.8 Å². The van der Waals surface area contributed by atoms with Crippen LogP contribution in [-0.4, -0.2) is 96.8 Å². The molecule has 6 rings (SSSR count). The number of rotatable bonds is 15. The minimum atomic E-state index is -0.783. The molecule has 3 aromatic carbocycles. The second-order valence-corrected chi connectivity index (χ2v) is 19.7. The average Bonchev–Trinajstić information content (AvgIpc) is 4.08. The zero-order chi connectivity index (χ0) is 47.2. The van der Waals surface area contributed by atoms with E-state index in [-0.39, 0.29) is 65.6 Å². The second kappa shape index (κ2) is 21.1. The molecule has 0 radical (unpaired) electrons. The van der Waals surface area contributed by atoms with Crippen LogP contribution in [-0.2, 0) is 46.9 Å². The first kappa shape index (κ1) is 48.7. The van der Waals surface area contributed by atoms with Crippen LogP contribution in [0.5, 0.6) is 0 Å². The Bertz CT molecular complexity index is 2040. The minimum Gasteiger partial charge on any atom is -0.453 e. The van der Waals surface area contributed by atoms with Crippen LogP contribution in [0.3, 0.4) is 0 Å². The van der Waals surface area contributed by atoms with Crippen molar-refractivity contribution < 1.29 is 38.2 Å². The van der Waals surface area contributed by atoms with Crippen molar-refractivity contribution in [3.63, 3.8) is 0 Å². The Balaban J connectivity index is 1.17. The quantitative estimate of drug-likeness (QED) is 0.154. The molecule has 2 unspecified atom stereocenters. The Kier molecular flexibility index (Phi) is 15.8. The molecule has 0 bridgehead atoms. The van der Waals surface area contributed by atoms with Gasteiger partial charge in [-0.1, -0.05) is 109 Å². The molecule has 13 heteroatoms. The lowest BCUT2D eigenvalue weighted by atomic mass is 9.87. The highest BCUT2D eigenvalue weighted by atomic mass is 16.5. The van der Waals surface area contributed by atoms with Crippen LogP contribution in [0.15, 0.2) is 72.8 Å². The number of ketones is 2. The molecule has 2 N–H and O–H groups in total. The summed E-state index contributed by atoms with van der Waals surface area (Å²) in [5, 5.41) is 5.31. The van der Waals surface area contributed by atoms with Gasteiger partial charge in [-0.25, -0.2) is 9.59 Å². The first-order valence-electron chi connectivity index (χ1n) is 23.3. The van der Waals surface area contributed by atoms with Gasteiger partial charge in [-0.15, -0.1) is 0 Å². The van der Waals surface area contributed by atoms with E-state index < -0.39 is 36.4 Å². The first-order chi connectivity index (χ1) is 30.9. The largest absolute Gasteiger partial charge is 0.453 e. The average molecular weight is 892 g/mol. The molecule has 3 aliphatic rings. The van der Waals surface area contributed by atoms with E-state index in [2.05, 4.69) is 84.8 Å². The number of likely N-dealkylation sites (tertiary alicyclic amines) is 2. The number of hydrogen-bond donors (Lipinski definition) is 2. The number of anilines is 1. The normalized spacial score (nSPS) is 20.8. The van der Waals surface area contributed by atoms with Gasteiger partial charge in [0.1, 0.15) is 12.1 Å². The Morgan fingerprint density at radius 2 is 0.969 bits per heavy atom. The molecule has 0 saturated carbocycles. The molecule has 3 aromatic rings. The fraction of sp³-hybridized carbons (Fsp3) is 0.538. The number of ether oxygens (including phenoxy) is 2. The summed E-state index contributed by atoms with van der Waals surface area (Å²) < 4.78 is 9.52. The molecule has 0 spiro atoms. The van der Waals surface area contributed by atoms with E-state index in [1.807, 2.05) is 52.0 Å². The van der Waals surface area contributed by atoms with Gasteiger partial charge < -0.3 is 34.8 Å². The topological polar surface area (TPSA) is 155 Å². The van der Waals surface area contributed by atoms with E-state index in [1.54, 1.807) is 9.80 Å². The third-order valence-electron chi connectivity index (χ3n) is 13.5. The Morgan fingerprint density at radius 3 is 1.31 bits per heavy atom. The molecule has 4 amide bonds. The summed E-state index contributed by atoms with van der Waals surface area (Å²) in [6.07, 6.45) is 3.50. The minimum absolute atomic E-state index is 0.000661. The van der Waals surface area contributed by atoms with Gasteiger partial charge in [-0.05, 0) is 95.7 Å². The van der Waals surface area contributed by atoms with Gasteiger partial charge in [0.25, 0.3) is 0 Å². The van der Waals surface area contributed by atoms with Crippen LogP contribution in [0.2, 0.25) is 0 Å². The predicted octanol–water partition coefficient (Wildman–Crippen LogP) is 8.03. The van der Waals surface area contributed by atoms with E-state index in [4.69, 9.17) is 9.47 Å². The van der Waals surface area contributed by atoms with Crippen LogP contribution in [0.1, 0.15) is 127 Å². The summed E-state index contributed by atoms with van der Waals surface area (Å²) in [7, 11) is 2.53. The molecule has 6 atom stereocenters. The molecular formula is C52H69N5O8. The molecular weight excluding hydrogens is 823 g/mol. The molecule has 0 aromatic heterocycles.